The van der Waals surface area contributed by atoms with Crippen LogP contribution in [0.3, 0.4) is 0 Å². The van der Waals surface area contributed by atoms with E-state index in [4.69, 9.17) is 14.5 Å². The van der Waals surface area contributed by atoms with Gasteiger partial charge in [0, 0.05) is 50.1 Å². The number of rotatable bonds is 9. The first kappa shape index (κ1) is 21.5. The number of carbonyl (C=O) groups excluding carboxylic acids is 1. The second-order valence-corrected chi connectivity index (χ2v) is 7.95. The summed E-state index contributed by atoms with van der Waals surface area (Å²) in [7, 11) is 1.67. The molecule has 0 radical (unpaired) electrons. The SMILES string of the molecule is CC[C@H](C)N(CCC(=O)N1CCOCC1)c1nc(Cc2cccc(OC)c2)ns1. The summed E-state index contributed by atoms with van der Waals surface area (Å²) in [6.45, 7) is 7.61. The summed E-state index contributed by atoms with van der Waals surface area (Å²) in [4.78, 5) is 21.4. The number of anilines is 1. The average Bonchev–Trinajstić information content (AvgIpc) is 3.22. The van der Waals surface area contributed by atoms with Gasteiger partial charge in [-0.05, 0) is 31.0 Å². The molecule has 1 atom stereocenters. The van der Waals surface area contributed by atoms with Gasteiger partial charge < -0.3 is 19.3 Å². The molecule has 2 heterocycles. The van der Waals surface area contributed by atoms with Crippen LogP contribution in [0.25, 0.3) is 0 Å². The summed E-state index contributed by atoms with van der Waals surface area (Å²) in [6.07, 6.45) is 2.13. The molecule has 8 heteroatoms. The second-order valence-electron chi connectivity index (χ2n) is 7.22. The molecule has 2 aromatic rings. The Kier molecular flexibility index (Phi) is 7.83. The van der Waals surface area contributed by atoms with E-state index in [2.05, 4.69) is 29.2 Å². The Labute approximate surface area is 176 Å². The topological polar surface area (TPSA) is 67.8 Å². The third-order valence-corrected chi connectivity index (χ3v) is 6.04. The lowest BCUT2D eigenvalue weighted by molar-refractivity contribution is -0.135. The van der Waals surface area contributed by atoms with Crippen molar-refractivity contribution in [1.82, 2.24) is 14.3 Å². The number of hydrogen-bond acceptors (Lipinski definition) is 7. The van der Waals surface area contributed by atoms with Crippen molar-refractivity contribution in [3.05, 3.63) is 35.7 Å². The molecule has 1 saturated heterocycles. The van der Waals surface area contributed by atoms with E-state index < -0.39 is 0 Å². The van der Waals surface area contributed by atoms with E-state index in [-0.39, 0.29) is 5.91 Å². The molecule has 0 bridgehead atoms. The van der Waals surface area contributed by atoms with Crippen molar-refractivity contribution in [1.29, 1.82) is 0 Å². The van der Waals surface area contributed by atoms with Crippen molar-refractivity contribution in [2.45, 2.75) is 39.2 Å². The van der Waals surface area contributed by atoms with Crippen molar-refractivity contribution in [2.75, 3.05) is 44.9 Å². The van der Waals surface area contributed by atoms with E-state index in [1.165, 1.54) is 11.5 Å². The fraction of sp³-hybridized carbons (Fsp3) is 0.571. The van der Waals surface area contributed by atoms with Crippen LogP contribution in [0.15, 0.2) is 24.3 Å². The van der Waals surface area contributed by atoms with Gasteiger partial charge in [-0.2, -0.15) is 4.37 Å². The van der Waals surface area contributed by atoms with Gasteiger partial charge in [0.05, 0.1) is 20.3 Å². The number of morpholine rings is 1. The molecule has 0 aliphatic carbocycles. The lowest BCUT2D eigenvalue weighted by Gasteiger charge is -2.30. The fourth-order valence-electron chi connectivity index (χ4n) is 3.31. The Morgan fingerprint density at radius 3 is 2.90 bits per heavy atom. The van der Waals surface area contributed by atoms with Gasteiger partial charge in [-0.15, -0.1) is 0 Å². The number of carbonyl (C=O) groups is 1. The quantitative estimate of drug-likeness (QED) is 0.624. The molecule has 1 aliphatic rings. The zero-order chi connectivity index (χ0) is 20.6. The van der Waals surface area contributed by atoms with E-state index >= 15 is 0 Å². The van der Waals surface area contributed by atoms with Crippen LogP contribution >= 0.6 is 11.5 Å². The molecule has 158 valence electrons. The van der Waals surface area contributed by atoms with E-state index in [1.54, 1.807) is 7.11 Å². The van der Waals surface area contributed by atoms with Gasteiger partial charge >= 0.3 is 0 Å². The predicted molar refractivity (Wildman–Crippen MR) is 115 cm³/mol. The fourth-order valence-corrected chi connectivity index (χ4v) is 4.12. The Bertz CT molecular complexity index is 792. The lowest BCUT2D eigenvalue weighted by Crippen LogP contribution is -2.43. The highest BCUT2D eigenvalue weighted by atomic mass is 32.1. The summed E-state index contributed by atoms with van der Waals surface area (Å²) in [5, 5.41) is 0.882. The number of hydrogen-bond donors (Lipinski definition) is 0. The molecule has 3 rings (SSSR count). The first-order chi connectivity index (χ1) is 14.1. The van der Waals surface area contributed by atoms with Gasteiger partial charge in [0.25, 0.3) is 0 Å². The molecule has 1 aromatic heterocycles. The summed E-state index contributed by atoms with van der Waals surface area (Å²) >= 11 is 1.41. The van der Waals surface area contributed by atoms with E-state index in [0.717, 1.165) is 28.7 Å². The van der Waals surface area contributed by atoms with Gasteiger partial charge in [0.2, 0.25) is 11.0 Å². The highest BCUT2D eigenvalue weighted by Crippen LogP contribution is 2.23. The van der Waals surface area contributed by atoms with Crippen molar-refractivity contribution < 1.29 is 14.3 Å². The van der Waals surface area contributed by atoms with Crippen molar-refractivity contribution in [3.8, 4) is 5.75 Å². The van der Waals surface area contributed by atoms with Gasteiger partial charge in [0.15, 0.2) is 0 Å². The average molecular weight is 419 g/mol. The third-order valence-electron chi connectivity index (χ3n) is 5.25. The number of amides is 1. The summed E-state index contributed by atoms with van der Waals surface area (Å²) < 4.78 is 15.2. The van der Waals surface area contributed by atoms with Gasteiger partial charge in [-0.1, -0.05) is 19.1 Å². The zero-order valence-corrected chi connectivity index (χ0v) is 18.3. The maximum Gasteiger partial charge on any atom is 0.224 e. The molecule has 0 saturated carbocycles. The number of benzene rings is 1. The molecule has 0 N–H and O–H groups in total. The minimum absolute atomic E-state index is 0.183. The number of nitrogens with zero attached hydrogens (tertiary/aromatic N) is 4. The normalized spacial score (nSPS) is 15.2. The van der Waals surface area contributed by atoms with Gasteiger partial charge in [0.1, 0.15) is 11.6 Å². The standard InChI is InChI=1S/C21H30N4O3S/c1-4-16(2)25(9-8-20(26)24-10-12-28-13-11-24)21-22-19(23-29-21)15-17-6-5-7-18(14-17)27-3/h5-7,14,16H,4,8-13,15H2,1-3H3/t16-/m0/s1. The predicted octanol–water partition coefficient (Wildman–Crippen LogP) is 2.99. The van der Waals surface area contributed by atoms with E-state index in [0.29, 0.717) is 51.7 Å². The van der Waals surface area contributed by atoms with Crippen molar-refractivity contribution in [2.24, 2.45) is 0 Å². The molecule has 1 aliphatic heterocycles. The Hall–Kier alpha value is -2.19. The smallest absolute Gasteiger partial charge is 0.224 e. The van der Waals surface area contributed by atoms with Crippen LogP contribution in [0.1, 0.15) is 38.1 Å². The highest BCUT2D eigenvalue weighted by Gasteiger charge is 2.22. The van der Waals surface area contributed by atoms with Gasteiger partial charge in [-0.25, -0.2) is 4.98 Å². The maximum absolute atomic E-state index is 12.6. The number of aromatic nitrogens is 2. The largest absolute Gasteiger partial charge is 0.497 e. The molecule has 29 heavy (non-hydrogen) atoms. The second kappa shape index (κ2) is 10.5. The summed E-state index contributed by atoms with van der Waals surface area (Å²) in [5.74, 6) is 1.81. The molecule has 0 unspecified atom stereocenters. The Morgan fingerprint density at radius 2 is 2.17 bits per heavy atom. The minimum Gasteiger partial charge on any atom is -0.497 e. The third kappa shape index (κ3) is 5.90. The van der Waals surface area contributed by atoms with E-state index in [9.17, 15) is 4.79 Å². The molecule has 1 fully saturated rings. The van der Waals surface area contributed by atoms with Gasteiger partial charge in [-0.3, -0.25) is 4.79 Å². The first-order valence-electron chi connectivity index (χ1n) is 10.2. The van der Waals surface area contributed by atoms with E-state index in [1.807, 2.05) is 23.1 Å². The van der Waals surface area contributed by atoms with Crippen molar-refractivity contribution >= 4 is 22.6 Å². The Morgan fingerprint density at radius 1 is 1.38 bits per heavy atom. The zero-order valence-electron chi connectivity index (χ0n) is 17.5. The van der Waals surface area contributed by atoms with Crippen LogP contribution < -0.4 is 9.64 Å². The lowest BCUT2D eigenvalue weighted by atomic mass is 10.1. The minimum atomic E-state index is 0.183. The molecule has 0 spiro atoms. The highest BCUT2D eigenvalue weighted by molar-refractivity contribution is 7.09. The van der Waals surface area contributed by atoms with Crippen LogP contribution in [-0.4, -0.2) is 66.2 Å². The van der Waals surface area contributed by atoms with Crippen molar-refractivity contribution in [3.63, 3.8) is 0 Å². The molecule has 1 amide bonds. The summed E-state index contributed by atoms with van der Waals surface area (Å²) in [5.41, 5.74) is 1.12. The first-order valence-corrected chi connectivity index (χ1v) is 11.0. The summed E-state index contributed by atoms with van der Waals surface area (Å²) in [6, 6.07) is 8.26. The molecular weight excluding hydrogens is 388 g/mol. The molecule has 1 aromatic carbocycles. The van der Waals surface area contributed by atoms with Crippen LogP contribution in [0.4, 0.5) is 5.13 Å². The number of ether oxygens (including phenoxy) is 2. The maximum atomic E-state index is 12.6. The number of methoxy groups -OCH3 is 1. The molecular formula is C21H30N4O3S. The van der Waals surface area contributed by atoms with Crippen LogP contribution in [-0.2, 0) is 16.0 Å². The Balaban J connectivity index is 1.64. The van der Waals surface area contributed by atoms with Crippen LogP contribution in [0, 0.1) is 0 Å². The molecule has 7 nitrogen and oxygen atoms in total. The van der Waals surface area contributed by atoms with Crippen LogP contribution in [0.5, 0.6) is 5.75 Å². The van der Waals surface area contributed by atoms with Crippen LogP contribution in [0.2, 0.25) is 0 Å². The monoisotopic (exact) mass is 418 g/mol.